The Kier molecular flexibility index (Phi) is 15.8. The molecule has 0 radical (unpaired) electrons. The number of benzene rings is 2. The quantitative estimate of drug-likeness (QED) is 0.174. The van der Waals surface area contributed by atoms with Gasteiger partial charge in [0.1, 0.15) is 12.2 Å². The van der Waals surface area contributed by atoms with E-state index in [0.717, 1.165) is 132 Å². The topological polar surface area (TPSA) is 76.7 Å². The normalized spacial score (nSPS) is 37.9. The Hall–Kier alpha value is -3.54. The van der Waals surface area contributed by atoms with E-state index < -0.39 is 0 Å². The van der Waals surface area contributed by atoms with Crippen molar-refractivity contribution in [3.8, 4) is 11.1 Å². The van der Waals surface area contributed by atoms with Crippen molar-refractivity contribution in [1.29, 1.82) is 0 Å². The number of anilines is 2. The molecule has 0 aliphatic heterocycles. The van der Waals surface area contributed by atoms with Crippen molar-refractivity contribution in [1.82, 2.24) is 0 Å². The molecule has 6 fully saturated rings. The van der Waals surface area contributed by atoms with Gasteiger partial charge in [0.05, 0.1) is 0 Å². The molecule has 2 N–H and O–H groups in total. The van der Waals surface area contributed by atoms with Gasteiger partial charge in [0.25, 0.3) is 0 Å². The Labute approximate surface area is 449 Å². The predicted molar refractivity (Wildman–Crippen MR) is 306 cm³/mol. The molecule has 0 spiro atoms. The van der Waals surface area contributed by atoms with Gasteiger partial charge >= 0.3 is 12.2 Å². The van der Waals surface area contributed by atoms with Crippen LogP contribution in [-0.4, -0.2) is 24.4 Å². The van der Waals surface area contributed by atoms with E-state index in [1.807, 2.05) is 48.5 Å². The summed E-state index contributed by atoms with van der Waals surface area (Å²) in [6.07, 6.45) is 32.0. The van der Waals surface area contributed by atoms with Gasteiger partial charge in [-0.2, -0.15) is 0 Å². The molecule has 0 bridgehead atoms. The fourth-order valence-corrected chi connectivity index (χ4v) is 19.6. The summed E-state index contributed by atoms with van der Waals surface area (Å²) < 4.78 is 12.3. The minimum atomic E-state index is -0.367. The van der Waals surface area contributed by atoms with Crippen LogP contribution in [0.3, 0.4) is 0 Å². The highest BCUT2D eigenvalue weighted by molar-refractivity contribution is 5.86. The minimum Gasteiger partial charge on any atom is -0.446 e. The number of hydrogen-bond acceptors (Lipinski definition) is 4. The third-order valence-corrected chi connectivity index (χ3v) is 23.7. The molecule has 0 aromatic heterocycles. The fraction of sp³-hybridized carbons (Fsp3) is 0.735. The van der Waals surface area contributed by atoms with E-state index in [1.54, 1.807) is 11.1 Å². The smallest absolute Gasteiger partial charge is 0.411 e. The molecule has 10 rings (SSSR count). The van der Waals surface area contributed by atoms with E-state index in [2.05, 4.69) is 92.0 Å². The van der Waals surface area contributed by atoms with Crippen molar-refractivity contribution in [2.24, 2.45) is 92.7 Å². The number of ether oxygens (including phenoxy) is 2. The molecule has 6 nitrogen and oxygen atoms in total. The molecule has 2 amide bonds. The van der Waals surface area contributed by atoms with Gasteiger partial charge in [0.15, 0.2) is 0 Å². The number of rotatable bonds is 15. The molecule has 6 heteroatoms. The maximum atomic E-state index is 13.3. The average molecular weight is 1010 g/mol. The number of hydrogen-bond donors (Lipinski definition) is 2. The van der Waals surface area contributed by atoms with Crippen LogP contribution in [0.5, 0.6) is 0 Å². The van der Waals surface area contributed by atoms with Crippen LogP contribution < -0.4 is 10.6 Å². The van der Waals surface area contributed by atoms with Gasteiger partial charge in [-0.15, -0.1) is 0 Å². The van der Waals surface area contributed by atoms with E-state index in [9.17, 15) is 9.59 Å². The van der Waals surface area contributed by atoms with Gasteiger partial charge in [-0.25, -0.2) is 9.59 Å². The zero-order chi connectivity index (χ0) is 52.2. The van der Waals surface area contributed by atoms with Crippen LogP contribution in [-0.2, 0) is 9.47 Å². The summed E-state index contributed by atoms with van der Waals surface area (Å²) in [6.45, 7) is 25.1. The number of fused-ring (bicyclic) bond motifs is 10. The first-order chi connectivity index (χ1) is 35.4. The predicted octanol–water partition coefficient (Wildman–Crippen LogP) is 19.3. The molecule has 2 aromatic carbocycles. The maximum Gasteiger partial charge on any atom is 0.411 e. The van der Waals surface area contributed by atoms with Crippen molar-refractivity contribution < 1.29 is 19.1 Å². The number of amides is 2. The maximum absolute atomic E-state index is 13.3. The van der Waals surface area contributed by atoms with Crippen LogP contribution in [0.15, 0.2) is 71.8 Å². The zero-order valence-corrected chi connectivity index (χ0v) is 48.0. The number of carbonyl (C=O) groups excluding carboxylic acids is 2. The molecule has 0 saturated heterocycles. The molecule has 16 atom stereocenters. The highest BCUT2D eigenvalue weighted by atomic mass is 16.6. The fourth-order valence-electron chi connectivity index (χ4n) is 19.6. The van der Waals surface area contributed by atoms with Crippen LogP contribution in [0.1, 0.15) is 210 Å². The highest BCUT2D eigenvalue weighted by Gasteiger charge is 2.61. The van der Waals surface area contributed by atoms with Crippen molar-refractivity contribution >= 4 is 23.6 Å². The SMILES string of the molecule is CC(C)CCC[C@@H](C)[C@H]1CC[C@H]2[C@@H]3CC=C4C[C@@H](OC(=O)Nc5ccc(-c6ccc(NC(=O)O[C@H]7CC[C@@]8(C)C(=CC[C@H]9[C@@H]%10CC[C@H]([C@H](C)CCCC(C)C)[C@@]%10(C)CC[C@@H]98)C7)cc6)cc5)CC[C@]4(C)[C@H]3CC[C@]12C. The molecule has 8 aliphatic carbocycles. The lowest BCUT2D eigenvalue weighted by Crippen LogP contribution is -2.51. The van der Waals surface area contributed by atoms with Crippen LogP contribution in [0.2, 0.25) is 0 Å². The summed E-state index contributed by atoms with van der Waals surface area (Å²) in [6, 6.07) is 15.9. The molecule has 0 heterocycles. The van der Waals surface area contributed by atoms with Gasteiger partial charge < -0.3 is 9.47 Å². The molecule has 406 valence electrons. The zero-order valence-electron chi connectivity index (χ0n) is 48.0. The Morgan fingerprint density at radius 2 is 0.892 bits per heavy atom. The first kappa shape index (κ1) is 53.8. The standard InChI is InChI=1S/C68H100N2O4/c1-43(2)13-11-15-45(5)57-29-31-59-55-27-21-49-41-53(33-37-65(49,7)61(55)35-39-67(57,59)9)73-63(71)69-51-23-17-47(18-24-51)48-19-25-52(26-20-48)70-64(72)74-54-34-38-66(8)50(42-54)22-28-56-60-32-30-58(46(6)16-12-14-44(3)4)68(60,10)40-36-62(56)66/h17-26,43-46,53-62H,11-16,27-42H2,1-10H3,(H,69,71)(H,70,72)/t45-,46-,53+,54+,55+,56+,57-,58-,59+,60+,61+,62+,65+,66+,67-,68-/m1/s1. The van der Waals surface area contributed by atoms with E-state index >= 15 is 0 Å². The second-order valence-electron chi connectivity index (χ2n) is 28.5. The van der Waals surface area contributed by atoms with E-state index in [-0.39, 0.29) is 35.2 Å². The van der Waals surface area contributed by atoms with Gasteiger partial charge in [-0.05, 0) is 218 Å². The van der Waals surface area contributed by atoms with Gasteiger partial charge in [-0.3, -0.25) is 10.6 Å². The van der Waals surface area contributed by atoms with Crippen LogP contribution in [0, 0.1) is 92.7 Å². The molecule has 2 aromatic rings. The molecular formula is C68H100N2O4. The summed E-state index contributed by atoms with van der Waals surface area (Å²) in [5, 5.41) is 6.05. The highest BCUT2D eigenvalue weighted by Crippen LogP contribution is 2.69. The van der Waals surface area contributed by atoms with Gasteiger partial charge in [-0.1, -0.05) is 155 Å². The Bertz CT molecular complexity index is 2190. The van der Waals surface area contributed by atoms with E-state index in [4.69, 9.17) is 9.47 Å². The molecular weight excluding hydrogens is 909 g/mol. The number of nitrogens with one attached hydrogen (secondary N) is 2. The summed E-state index contributed by atoms with van der Waals surface area (Å²) in [5.74, 6) is 9.87. The first-order valence-electron chi connectivity index (χ1n) is 30.9. The van der Waals surface area contributed by atoms with Crippen molar-refractivity contribution in [3.05, 3.63) is 71.8 Å². The second-order valence-corrected chi connectivity index (χ2v) is 28.5. The third-order valence-electron chi connectivity index (χ3n) is 23.7. The lowest BCUT2D eigenvalue weighted by Gasteiger charge is -2.58. The van der Waals surface area contributed by atoms with Crippen molar-refractivity contribution in [2.45, 2.75) is 223 Å². The van der Waals surface area contributed by atoms with Crippen LogP contribution in [0.4, 0.5) is 21.0 Å². The molecule has 8 aliphatic rings. The Balaban J connectivity index is 0.668. The Morgan fingerprint density at radius 1 is 0.500 bits per heavy atom. The Morgan fingerprint density at radius 3 is 1.27 bits per heavy atom. The van der Waals surface area contributed by atoms with Crippen LogP contribution >= 0.6 is 0 Å². The van der Waals surface area contributed by atoms with E-state index in [0.29, 0.717) is 10.8 Å². The first-order valence-corrected chi connectivity index (χ1v) is 30.9. The molecule has 6 saturated carbocycles. The average Bonchev–Trinajstić information content (AvgIpc) is 3.91. The summed E-state index contributed by atoms with van der Waals surface area (Å²) in [4.78, 5) is 26.7. The van der Waals surface area contributed by atoms with Crippen molar-refractivity contribution in [2.75, 3.05) is 10.6 Å². The van der Waals surface area contributed by atoms with Gasteiger partial charge in [0.2, 0.25) is 0 Å². The summed E-state index contributed by atoms with van der Waals surface area (Å²) in [7, 11) is 0. The van der Waals surface area contributed by atoms with E-state index in [1.165, 1.54) is 103 Å². The second kappa shape index (κ2) is 21.7. The monoisotopic (exact) mass is 1010 g/mol. The third kappa shape index (κ3) is 10.5. The lowest BCUT2D eigenvalue weighted by molar-refractivity contribution is -0.0577. The lowest BCUT2D eigenvalue weighted by atomic mass is 9.47. The number of allylic oxidation sites excluding steroid dienone is 2. The number of carbonyl (C=O) groups is 2. The van der Waals surface area contributed by atoms with Crippen molar-refractivity contribution in [3.63, 3.8) is 0 Å². The largest absolute Gasteiger partial charge is 0.446 e. The summed E-state index contributed by atoms with van der Waals surface area (Å²) in [5.41, 5.74) is 8.08. The van der Waals surface area contributed by atoms with Crippen LogP contribution in [0.25, 0.3) is 11.1 Å². The molecule has 74 heavy (non-hydrogen) atoms. The minimum absolute atomic E-state index is 0.0846. The molecule has 0 unspecified atom stereocenters. The summed E-state index contributed by atoms with van der Waals surface area (Å²) >= 11 is 0. The van der Waals surface area contributed by atoms with Gasteiger partial charge in [0, 0.05) is 24.2 Å².